The SMILES string of the molecule is C#C.C/C=C\C=C/C(C)c1cccc(C23CCc4cccc5ccc(c2c45)CCC3Nc2cc(C)cc(C)c2)c1C.CC.CC.CCc1cc(C)cc(N(C)C2=CCCC3=C2CC/C(C)=C\C=C/C3)c1. The zero-order chi connectivity index (χ0) is 51.0. The van der Waals surface area contributed by atoms with Crippen LogP contribution >= 0.6 is 0 Å². The maximum absolute atomic E-state index is 4.13. The van der Waals surface area contributed by atoms with Gasteiger partial charge in [0.1, 0.15) is 0 Å². The molecule has 0 saturated heterocycles. The first-order valence-electron chi connectivity index (χ1n) is 26.7. The fraction of sp³-hybridized carbons (Fsp3) is 0.382. The van der Waals surface area contributed by atoms with Crippen molar-refractivity contribution in [1.82, 2.24) is 0 Å². The van der Waals surface area contributed by atoms with E-state index in [1.807, 2.05) is 27.7 Å². The van der Waals surface area contributed by atoms with Crippen molar-refractivity contribution in [1.29, 1.82) is 0 Å². The molecule has 3 atom stereocenters. The first-order valence-corrected chi connectivity index (χ1v) is 26.7. The van der Waals surface area contributed by atoms with E-state index in [2.05, 4.69) is 219 Å². The number of benzene rings is 5. The van der Waals surface area contributed by atoms with Gasteiger partial charge in [0.2, 0.25) is 0 Å². The van der Waals surface area contributed by atoms with Crippen LogP contribution in [-0.4, -0.2) is 13.1 Å². The second-order valence-electron chi connectivity index (χ2n) is 19.4. The van der Waals surface area contributed by atoms with Gasteiger partial charge in [-0.15, -0.1) is 12.8 Å². The van der Waals surface area contributed by atoms with Crippen molar-refractivity contribution in [2.24, 2.45) is 0 Å². The number of rotatable bonds is 9. The van der Waals surface area contributed by atoms with E-state index in [0.717, 1.165) is 57.8 Å². The number of allylic oxidation sites excluding steroid dienone is 11. The normalized spacial score (nSPS) is 19.6. The van der Waals surface area contributed by atoms with E-state index in [9.17, 15) is 0 Å². The number of anilines is 2. The predicted molar refractivity (Wildman–Crippen MR) is 311 cm³/mol. The van der Waals surface area contributed by atoms with E-state index < -0.39 is 0 Å². The van der Waals surface area contributed by atoms with E-state index in [1.165, 1.54) is 84.3 Å². The van der Waals surface area contributed by atoms with Gasteiger partial charge in [0.25, 0.3) is 0 Å². The molecule has 0 aliphatic heterocycles. The molecule has 70 heavy (non-hydrogen) atoms. The lowest BCUT2D eigenvalue weighted by Crippen LogP contribution is -2.51. The largest absolute Gasteiger partial charge is 0.381 e. The van der Waals surface area contributed by atoms with Gasteiger partial charge in [-0.2, -0.15) is 0 Å². The van der Waals surface area contributed by atoms with Crippen LogP contribution in [0.3, 0.4) is 0 Å². The zero-order valence-corrected chi connectivity index (χ0v) is 45.5. The molecular weight excluding hydrogens is 845 g/mol. The minimum Gasteiger partial charge on any atom is -0.381 e. The van der Waals surface area contributed by atoms with Crippen LogP contribution in [0.2, 0.25) is 0 Å². The molecule has 3 unspecified atom stereocenters. The van der Waals surface area contributed by atoms with Crippen molar-refractivity contribution in [2.75, 3.05) is 17.3 Å². The van der Waals surface area contributed by atoms with Gasteiger partial charge >= 0.3 is 0 Å². The highest BCUT2D eigenvalue weighted by Crippen LogP contribution is 2.54. The summed E-state index contributed by atoms with van der Waals surface area (Å²) in [4.78, 5) is 2.42. The summed E-state index contributed by atoms with van der Waals surface area (Å²) in [5, 5.41) is 7.03. The second-order valence-corrected chi connectivity index (χ2v) is 19.4. The lowest BCUT2D eigenvalue weighted by Gasteiger charge is -2.50. The van der Waals surface area contributed by atoms with E-state index in [0.29, 0.717) is 12.0 Å². The smallest absolute Gasteiger partial charge is 0.0418 e. The van der Waals surface area contributed by atoms with Crippen molar-refractivity contribution >= 4 is 22.1 Å². The Balaban J connectivity index is 0.000000254. The second kappa shape index (κ2) is 26.2. The van der Waals surface area contributed by atoms with Crippen LogP contribution in [-0.2, 0) is 24.7 Å². The molecule has 1 N–H and O–H groups in total. The van der Waals surface area contributed by atoms with Gasteiger partial charge in [-0.1, -0.05) is 162 Å². The number of nitrogens with one attached hydrogen (secondary N) is 1. The molecule has 0 saturated carbocycles. The molecule has 2 nitrogen and oxygen atoms in total. The van der Waals surface area contributed by atoms with Crippen molar-refractivity contribution in [2.45, 2.75) is 165 Å². The molecule has 0 radical (unpaired) electrons. The maximum Gasteiger partial charge on any atom is 0.0418 e. The minimum atomic E-state index is -0.0774. The Morgan fingerprint density at radius 2 is 1.51 bits per heavy atom. The highest BCUT2D eigenvalue weighted by molar-refractivity contribution is 5.93. The van der Waals surface area contributed by atoms with Crippen LogP contribution in [0.5, 0.6) is 0 Å². The summed E-state index contributed by atoms with van der Waals surface area (Å²) in [6, 6.07) is 33.0. The number of likely N-dealkylation sites (N-methyl/N-ethyl adjacent to an activating group) is 1. The average Bonchev–Trinajstić information content (AvgIpc) is 3.47. The van der Waals surface area contributed by atoms with Gasteiger partial charge < -0.3 is 10.2 Å². The number of hydrogen-bond acceptors (Lipinski definition) is 2. The van der Waals surface area contributed by atoms with Crippen LogP contribution < -0.4 is 10.2 Å². The molecule has 0 spiro atoms. The van der Waals surface area contributed by atoms with Crippen molar-refractivity contribution < 1.29 is 0 Å². The molecule has 2 heteroatoms. The number of aryl methyl sites for hydroxylation is 6. The molecule has 0 bridgehead atoms. The van der Waals surface area contributed by atoms with E-state index in [4.69, 9.17) is 0 Å². The summed E-state index contributed by atoms with van der Waals surface area (Å²) in [5.74, 6) is 0.359. The molecule has 0 fully saturated rings. The lowest BCUT2D eigenvalue weighted by molar-refractivity contribution is 0.356. The lowest BCUT2D eigenvalue weighted by atomic mass is 9.56. The standard InChI is InChI=1S/C38H41N.C24H31N.2C2H6.C2H2/c1-6-7-8-11-27(4)33-14-10-15-34(28(33)5)38-21-20-30-13-9-12-29-16-17-31(37(38)36(29)30)18-19-35(38)39-32-23-25(2)22-26(3)24-32;1-5-20-15-19(3)16-22(17-20)25(4)24-12-8-11-21-10-7-6-9-18(2)13-14-23(21)24;3*1-2/h6-17,22-24,27,35,39H,18-21H2,1-5H3;6-7,9,12,15-17H,5,8,10-11,13-14H2,1-4H3;2*1-2H3;1-2H/b7-6-,11-8-;7-6-,18-9-;;;. The van der Waals surface area contributed by atoms with Crippen LogP contribution in [0.15, 0.2) is 156 Å². The van der Waals surface area contributed by atoms with Gasteiger partial charge in [0, 0.05) is 35.6 Å². The maximum atomic E-state index is 4.13. The average molecular weight is 931 g/mol. The fourth-order valence-corrected chi connectivity index (χ4v) is 11.7. The Morgan fingerprint density at radius 1 is 0.786 bits per heavy atom. The van der Waals surface area contributed by atoms with Gasteiger partial charge in [-0.05, 0) is 208 Å². The molecule has 368 valence electrons. The molecule has 0 heterocycles. The van der Waals surface area contributed by atoms with Gasteiger partial charge in [0.05, 0.1) is 0 Å². The Hall–Kier alpha value is -6.04. The molecule has 5 aromatic rings. The van der Waals surface area contributed by atoms with Gasteiger partial charge in [-0.25, -0.2) is 0 Å². The van der Waals surface area contributed by atoms with Gasteiger partial charge in [-0.3, -0.25) is 0 Å². The molecule has 4 aliphatic rings. The van der Waals surface area contributed by atoms with E-state index >= 15 is 0 Å². The molecule has 0 amide bonds. The van der Waals surface area contributed by atoms with Crippen LogP contribution in [0.25, 0.3) is 10.8 Å². The Bertz CT molecular complexity index is 2740. The third-order valence-corrected chi connectivity index (χ3v) is 14.8. The number of terminal acetylenes is 1. The highest BCUT2D eigenvalue weighted by atomic mass is 15.1. The summed E-state index contributed by atoms with van der Waals surface area (Å²) in [6.45, 7) is 25.9. The topological polar surface area (TPSA) is 15.3 Å². The number of nitrogens with zero attached hydrogens (tertiary/aromatic N) is 1. The summed E-state index contributed by atoms with van der Waals surface area (Å²) in [7, 11) is 2.24. The Morgan fingerprint density at radius 3 is 2.24 bits per heavy atom. The fourth-order valence-electron chi connectivity index (χ4n) is 11.7. The minimum absolute atomic E-state index is 0.0774. The van der Waals surface area contributed by atoms with Crippen molar-refractivity contribution in [3.8, 4) is 12.8 Å². The summed E-state index contributed by atoms with van der Waals surface area (Å²) in [5.41, 5.74) is 23.1. The molecule has 0 aromatic heterocycles. The van der Waals surface area contributed by atoms with Gasteiger partial charge in [0.15, 0.2) is 0 Å². The number of hydrogen-bond donors (Lipinski definition) is 1. The van der Waals surface area contributed by atoms with Crippen molar-refractivity contribution in [3.05, 3.63) is 212 Å². The Kier molecular flexibility index (Phi) is 20.6. The van der Waals surface area contributed by atoms with E-state index in [-0.39, 0.29) is 5.41 Å². The predicted octanol–water partition coefficient (Wildman–Crippen LogP) is 18.6. The summed E-state index contributed by atoms with van der Waals surface area (Å²) >= 11 is 0. The van der Waals surface area contributed by atoms with Crippen LogP contribution in [0.4, 0.5) is 11.4 Å². The Labute approximate surface area is 426 Å². The molecule has 9 rings (SSSR count). The van der Waals surface area contributed by atoms with Crippen molar-refractivity contribution in [3.63, 3.8) is 0 Å². The molecule has 5 aromatic carbocycles. The first-order chi connectivity index (χ1) is 34.0. The van der Waals surface area contributed by atoms with Crippen LogP contribution in [0.1, 0.15) is 162 Å². The molecule has 4 aliphatic carbocycles. The highest BCUT2D eigenvalue weighted by Gasteiger charge is 2.49. The van der Waals surface area contributed by atoms with E-state index in [1.54, 1.807) is 22.3 Å². The third kappa shape index (κ3) is 12.3. The summed E-state index contributed by atoms with van der Waals surface area (Å²) in [6.07, 6.45) is 37.4. The summed E-state index contributed by atoms with van der Waals surface area (Å²) < 4.78 is 0. The molecular formula is C68H86N2. The van der Waals surface area contributed by atoms with Crippen LogP contribution in [0, 0.1) is 40.5 Å². The quantitative estimate of drug-likeness (QED) is 0.117. The first kappa shape index (κ1) is 54.9. The third-order valence-electron chi connectivity index (χ3n) is 14.8. The zero-order valence-electron chi connectivity index (χ0n) is 45.5. The monoisotopic (exact) mass is 931 g/mol.